The van der Waals surface area contributed by atoms with Crippen LogP contribution in [0.2, 0.25) is 0 Å². The zero-order valence-corrected chi connectivity index (χ0v) is 22.6. The van der Waals surface area contributed by atoms with E-state index in [1.54, 1.807) is 0 Å². The molecule has 0 aromatic carbocycles. The van der Waals surface area contributed by atoms with E-state index in [1.165, 1.54) is 115 Å². The van der Waals surface area contributed by atoms with Gasteiger partial charge in [0.1, 0.15) is 0 Å². The van der Waals surface area contributed by atoms with Gasteiger partial charge in [-0.05, 0) is 82.3 Å². The van der Waals surface area contributed by atoms with E-state index in [0.717, 1.165) is 11.2 Å². The van der Waals surface area contributed by atoms with Gasteiger partial charge in [-0.25, -0.2) is 0 Å². The molecule has 1 heterocycles. The summed E-state index contributed by atoms with van der Waals surface area (Å²) >= 11 is 4.30. The second kappa shape index (κ2) is 15.7. The maximum atomic E-state index is 3.69. The summed E-state index contributed by atoms with van der Waals surface area (Å²) < 4.78 is 0. The van der Waals surface area contributed by atoms with Crippen molar-refractivity contribution in [2.75, 3.05) is 5.75 Å². The van der Waals surface area contributed by atoms with Crippen LogP contribution in [0.25, 0.3) is 0 Å². The van der Waals surface area contributed by atoms with E-state index in [-0.39, 0.29) is 0 Å². The number of unbranched alkanes of at least 4 members (excludes halogenated alkanes) is 4. The van der Waals surface area contributed by atoms with Gasteiger partial charge in [-0.2, -0.15) is 11.8 Å². The first-order valence-electron chi connectivity index (χ1n) is 14.1. The Morgan fingerprint density at radius 2 is 1.19 bits per heavy atom. The summed E-state index contributed by atoms with van der Waals surface area (Å²) in [6, 6.07) is 0. The largest absolute Gasteiger partial charge is 0.159 e. The Morgan fingerprint density at radius 3 is 1.78 bits per heavy atom. The fraction of sp³-hybridized carbons (Fsp3) is 0.867. The molecule has 0 nitrogen and oxygen atoms in total. The molecule has 1 aliphatic heterocycles. The Bertz CT molecular complexity index is 617. The van der Waals surface area contributed by atoms with Crippen molar-refractivity contribution in [3.63, 3.8) is 0 Å². The SMILES string of the molecule is CCCCCSC1CCC(C#CC2CCC(C#CC3CCC(CCCCC)CC3)S2)CC1. The molecule has 0 N–H and O–H groups in total. The third-order valence-electron chi connectivity index (χ3n) is 7.75. The van der Waals surface area contributed by atoms with E-state index in [0.29, 0.717) is 22.3 Å². The smallest absolute Gasteiger partial charge is 0.0670 e. The summed E-state index contributed by atoms with van der Waals surface area (Å²) in [6.45, 7) is 4.61. The van der Waals surface area contributed by atoms with Gasteiger partial charge in [0, 0.05) is 17.1 Å². The molecule has 180 valence electrons. The van der Waals surface area contributed by atoms with E-state index in [9.17, 15) is 0 Å². The number of thioether (sulfide) groups is 2. The molecule has 0 spiro atoms. The Morgan fingerprint density at radius 1 is 0.625 bits per heavy atom. The van der Waals surface area contributed by atoms with Gasteiger partial charge in [0.2, 0.25) is 0 Å². The van der Waals surface area contributed by atoms with Crippen LogP contribution in [-0.2, 0) is 0 Å². The zero-order chi connectivity index (χ0) is 22.4. The lowest BCUT2D eigenvalue weighted by molar-refractivity contribution is 0.294. The van der Waals surface area contributed by atoms with Crippen LogP contribution < -0.4 is 0 Å². The number of hydrogen-bond acceptors (Lipinski definition) is 2. The third kappa shape index (κ3) is 9.98. The molecule has 3 rings (SSSR count). The van der Waals surface area contributed by atoms with Gasteiger partial charge in [0.25, 0.3) is 0 Å². The minimum Gasteiger partial charge on any atom is -0.159 e. The summed E-state index contributed by atoms with van der Waals surface area (Å²) in [5, 5.41) is 2.01. The molecule has 0 aromatic rings. The first-order chi connectivity index (χ1) is 15.8. The van der Waals surface area contributed by atoms with Crippen molar-refractivity contribution >= 4 is 23.5 Å². The fourth-order valence-corrected chi connectivity index (χ4v) is 8.05. The van der Waals surface area contributed by atoms with E-state index in [1.807, 2.05) is 0 Å². The first kappa shape index (κ1) is 26.4. The van der Waals surface area contributed by atoms with E-state index in [4.69, 9.17) is 0 Å². The van der Waals surface area contributed by atoms with Gasteiger partial charge in [-0.15, -0.1) is 11.8 Å². The van der Waals surface area contributed by atoms with Crippen LogP contribution >= 0.6 is 23.5 Å². The molecule has 3 aliphatic rings. The lowest BCUT2D eigenvalue weighted by atomic mass is 9.80. The summed E-state index contributed by atoms with van der Waals surface area (Å²) in [7, 11) is 0. The van der Waals surface area contributed by atoms with Crippen LogP contribution in [0.15, 0.2) is 0 Å². The maximum absolute atomic E-state index is 3.69. The maximum Gasteiger partial charge on any atom is 0.0670 e. The van der Waals surface area contributed by atoms with Crippen molar-refractivity contribution in [3.05, 3.63) is 0 Å². The summed E-state index contributed by atoms with van der Waals surface area (Å²) in [5.74, 6) is 18.4. The molecular formula is C30H48S2. The van der Waals surface area contributed by atoms with Crippen molar-refractivity contribution in [1.82, 2.24) is 0 Å². The molecule has 0 amide bonds. The normalized spacial score (nSPS) is 32.6. The van der Waals surface area contributed by atoms with Crippen LogP contribution in [0.4, 0.5) is 0 Å². The number of hydrogen-bond donors (Lipinski definition) is 0. The lowest BCUT2D eigenvalue weighted by Gasteiger charge is -2.25. The van der Waals surface area contributed by atoms with E-state index in [2.05, 4.69) is 61.1 Å². The zero-order valence-electron chi connectivity index (χ0n) is 21.0. The molecule has 2 unspecified atom stereocenters. The molecule has 2 saturated carbocycles. The highest BCUT2D eigenvalue weighted by Gasteiger charge is 2.25. The van der Waals surface area contributed by atoms with Crippen LogP contribution in [0.5, 0.6) is 0 Å². The van der Waals surface area contributed by atoms with Gasteiger partial charge in [0.15, 0.2) is 0 Å². The average Bonchev–Trinajstić information content (AvgIpc) is 3.29. The molecule has 2 aliphatic carbocycles. The Kier molecular flexibility index (Phi) is 12.9. The standard InChI is InChI=1S/C30H48S2/c1-3-5-7-9-25-10-12-26(13-11-25)16-20-29-22-23-30(32-29)21-17-27-14-18-28(19-15-27)31-24-8-6-4-2/h25-30H,3-15,18-19,22-24H2,1-2H3. The first-order valence-corrected chi connectivity index (χ1v) is 16.0. The molecule has 2 atom stereocenters. The number of rotatable bonds is 9. The molecule has 0 aromatic heterocycles. The molecule has 2 heteroatoms. The molecular weight excluding hydrogens is 424 g/mol. The highest BCUT2D eigenvalue weighted by atomic mass is 32.2. The summed E-state index contributed by atoms with van der Waals surface area (Å²) in [6.07, 6.45) is 23.3. The highest BCUT2D eigenvalue weighted by molar-refractivity contribution is 8.01. The minimum absolute atomic E-state index is 0.546. The second-order valence-corrected chi connectivity index (χ2v) is 13.4. The van der Waals surface area contributed by atoms with Crippen molar-refractivity contribution < 1.29 is 0 Å². The van der Waals surface area contributed by atoms with Crippen LogP contribution in [0, 0.1) is 41.4 Å². The van der Waals surface area contributed by atoms with Gasteiger partial charge in [-0.3, -0.25) is 0 Å². The molecule has 1 saturated heterocycles. The van der Waals surface area contributed by atoms with Crippen LogP contribution in [-0.4, -0.2) is 21.5 Å². The van der Waals surface area contributed by atoms with E-state index < -0.39 is 0 Å². The third-order valence-corrected chi connectivity index (χ3v) is 10.6. The topological polar surface area (TPSA) is 0 Å². The highest BCUT2D eigenvalue weighted by Crippen LogP contribution is 2.36. The Balaban J connectivity index is 1.29. The molecule has 0 radical (unpaired) electrons. The monoisotopic (exact) mass is 472 g/mol. The molecule has 32 heavy (non-hydrogen) atoms. The minimum atomic E-state index is 0.546. The van der Waals surface area contributed by atoms with Gasteiger partial charge in [-0.1, -0.05) is 76.1 Å². The average molecular weight is 473 g/mol. The Labute approximate surface area is 209 Å². The van der Waals surface area contributed by atoms with Crippen LogP contribution in [0.1, 0.15) is 123 Å². The van der Waals surface area contributed by atoms with Crippen molar-refractivity contribution in [2.24, 2.45) is 17.8 Å². The Hall–Kier alpha value is -0.180. The summed E-state index contributed by atoms with van der Waals surface area (Å²) in [4.78, 5) is 0. The van der Waals surface area contributed by atoms with Crippen molar-refractivity contribution in [3.8, 4) is 23.7 Å². The van der Waals surface area contributed by atoms with Gasteiger partial charge in [0.05, 0.1) is 10.5 Å². The summed E-state index contributed by atoms with van der Waals surface area (Å²) in [5.41, 5.74) is 0. The quantitative estimate of drug-likeness (QED) is 0.242. The van der Waals surface area contributed by atoms with E-state index >= 15 is 0 Å². The van der Waals surface area contributed by atoms with Crippen molar-refractivity contribution in [1.29, 1.82) is 0 Å². The predicted molar refractivity (Wildman–Crippen MR) is 147 cm³/mol. The second-order valence-electron chi connectivity index (χ2n) is 10.5. The predicted octanol–water partition coefficient (Wildman–Crippen LogP) is 9.13. The lowest BCUT2D eigenvalue weighted by Crippen LogP contribution is -2.15. The molecule has 3 fully saturated rings. The van der Waals surface area contributed by atoms with Gasteiger partial charge >= 0.3 is 0 Å². The van der Waals surface area contributed by atoms with Crippen LogP contribution in [0.3, 0.4) is 0 Å². The molecule has 0 bridgehead atoms. The van der Waals surface area contributed by atoms with Crippen molar-refractivity contribution in [2.45, 2.75) is 139 Å². The fourth-order valence-electron chi connectivity index (χ4n) is 5.53. The van der Waals surface area contributed by atoms with Gasteiger partial charge < -0.3 is 0 Å².